The lowest BCUT2D eigenvalue weighted by atomic mass is 9.44. The second-order valence-corrected chi connectivity index (χ2v) is 11.9. The molecule has 11 heteroatoms. The number of imide groups is 1. The van der Waals surface area contributed by atoms with Crippen LogP contribution in [0.4, 0.5) is 15.4 Å². The van der Waals surface area contributed by atoms with Crippen molar-refractivity contribution in [3.8, 4) is 6.07 Å². The Bertz CT molecular complexity index is 1230. The zero-order chi connectivity index (χ0) is 28.8. The fourth-order valence-electron chi connectivity index (χ4n) is 7.50. The number of ketones is 1. The summed E-state index contributed by atoms with van der Waals surface area (Å²) in [6.45, 7) is 11.6. The number of nitrogens with zero attached hydrogens (tertiary/aromatic N) is 3. The number of nitriles is 1. The molecule has 0 aliphatic heterocycles. The van der Waals surface area contributed by atoms with Gasteiger partial charge in [-0.1, -0.05) is 33.8 Å². The maximum Gasteiger partial charge on any atom is 0.417 e. The molecular weight excluding hydrogens is 502 g/mol. The van der Waals surface area contributed by atoms with E-state index in [1.54, 1.807) is 6.08 Å². The Morgan fingerprint density at radius 2 is 2.05 bits per heavy atom. The smallest absolute Gasteiger partial charge is 0.417 e. The van der Waals surface area contributed by atoms with Crippen molar-refractivity contribution >= 4 is 23.8 Å². The zero-order valence-electron chi connectivity index (χ0n) is 22.9. The van der Waals surface area contributed by atoms with Crippen LogP contribution in [0.5, 0.6) is 0 Å². The van der Waals surface area contributed by atoms with Gasteiger partial charge in [-0.25, -0.2) is 24.9 Å². The highest BCUT2D eigenvalue weighted by Gasteiger charge is 2.68. The SMILES string of the molecule is C=C[C@]1(C)C[C@@H](OC(=O)NC(=O)OCc2ncc(C#N)c(N)n2)[C@@]2(C)C(C)CC[C@]3(CCC(=O)[C@H]32)[C@@H](C)[C@@H]1O. The van der Waals surface area contributed by atoms with E-state index in [1.807, 2.05) is 26.8 Å². The minimum atomic E-state index is -1.08. The summed E-state index contributed by atoms with van der Waals surface area (Å²) in [5, 5.41) is 22.6. The molecule has 0 saturated heterocycles. The normalized spacial score (nSPS) is 37.4. The van der Waals surface area contributed by atoms with Gasteiger partial charge in [0, 0.05) is 23.2 Å². The fraction of sp³-hybridized carbons (Fsp3) is 0.643. The number of aliphatic hydroxyl groups is 1. The lowest BCUT2D eigenvalue weighted by Crippen LogP contribution is -2.63. The average Bonchev–Trinajstić information content (AvgIpc) is 3.26. The largest absolute Gasteiger partial charge is 0.445 e. The minimum absolute atomic E-state index is 0.0515. The maximum atomic E-state index is 13.4. The number of nitrogens with two attached hydrogens (primary N) is 1. The molecule has 3 fully saturated rings. The quantitative estimate of drug-likeness (QED) is 0.478. The van der Waals surface area contributed by atoms with Gasteiger partial charge in [0.1, 0.15) is 29.3 Å². The van der Waals surface area contributed by atoms with Crippen LogP contribution in [0.25, 0.3) is 0 Å². The predicted molar refractivity (Wildman–Crippen MR) is 140 cm³/mol. The molecule has 0 spiro atoms. The fourth-order valence-corrected chi connectivity index (χ4v) is 7.50. The van der Waals surface area contributed by atoms with Gasteiger partial charge in [-0.2, -0.15) is 5.26 Å². The number of alkyl carbamates (subject to hydrolysis) is 2. The van der Waals surface area contributed by atoms with Crippen molar-refractivity contribution in [3.05, 3.63) is 30.2 Å². The zero-order valence-corrected chi connectivity index (χ0v) is 22.9. The summed E-state index contributed by atoms with van der Waals surface area (Å²) in [5.41, 5.74) is 3.85. The highest BCUT2D eigenvalue weighted by molar-refractivity contribution is 5.88. The van der Waals surface area contributed by atoms with Crippen LogP contribution < -0.4 is 11.1 Å². The van der Waals surface area contributed by atoms with Crippen molar-refractivity contribution in [1.29, 1.82) is 5.26 Å². The van der Waals surface area contributed by atoms with Crippen LogP contribution in [0.15, 0.2) is 18.9 Å². The monoisotopic (exact) mass is 539 g/mol. The van der Waals surface area contributed by atoms with Gasteiger partial charge in [0.2, 0.25) is 0 Å². The summed E-state index contributed by atoms with van der Waals surface area (Å²) in [5.74, 6) is -0.328. The van der Waals surface area contributed by atoms with Crippen molar-refractivity contribution in [2.24, 2.45) is 34.0 Å². The molecule has 4 N–H and O–H groups in total. The lowest BCUT2D eigenvalue weighted by Gasteiger charge is -2.61. The first-order valence-electron chi connectivity index (χ1n) is 13.3. The highest BCUT2D eigenvalue weighted by Crippen LogP contribution is 2.67. The van der Waals surface area contributed by atoms with E-state index in [2.05, 4.69) is 28.8 Å². The van der Waals surface area contributed by atoms with Crippen LogP contribution in [0, 0.1) is 45.3 Å². The van der Waals surface area contributed by atoms with Crippen molar-refractivity contribution < 1.29 is 29.0 Å². The van der Waals surface area contributed by atoms with E-state index >= 15 is 0 Å². The number of hydrogen-bond acceptors (Lipinski definition) is 10. The van der Waals surface area contributed by atoms with Crippen LogP contribution >= 0.6 is 0 Å². The van der Waals surface area contributed by atoms with E-state index < -0.39 is 40.6 Å². The third-order valence-electron chi connectivity index (χ3n) is 10.1. The summed E-state index contributed by atoms with van der Waals surface area (Å²) < 4.78 is 11.0. The Labute approximate surface area is 228 Å². The number of amides is 2. The van der Waals surface area contributed by atoms with Crippen molar-refractivity contribution in [1.82, 2.24) is 15.3 Å². The Hall–Kier alpha value is -3.52. The van der Waals surface area contributed by atoms with Gasteiger partial charge < -0.3 is 20.3 Å². The molecule has 1 heterocycles. The molecule has 3 saturated carbocycles. The molecule has 1 aromatic heterocycles. The highest BCUT2D eigenvalue weighted by atomic mass is 16.6. The predicted octanol–water partition coefficient (Wildman–Crippen LogP) is 3.66. The van der Waals surface area contributed by atoms with Crippen LogP contribution in [0.1, 0.15) is 71.2 Å². The Kier molecular flexibility index (Phi) is 7.47. The molecular formula is C28H37N5O6. The molecule has 2 amide bonds. The number of aliphatic hydroxyl groups excluding tert-OH is 1. The second-order valence-electron chi connectivity index (χ2n) is 11.9. The van der Waals surface area contributed by atoms with E-state index in [0.717, 1.165) is 12.8 Å². The number of hydrogen-bond donors (Lipinski definition) is 3. The van der Waals surface area contributed by atoms with Crippen LogP contribution in [-0.4, -0.2) is 45.3 Å². The number of carbonyl (C=O) groups excluding carboxylic acids is 3. The van der Waals surface area contributed by atoms with Crippen molar-refractivity contribution in [2.45, 2.75) is 78.6 Å². The number of aromatic nitrogens is 2. The first kappa shape index (κ1) is 28.5. The summed E-state index contributed by atoms with van der Waals surface area (Å²) in [6.07, 6.45) is 2.27. The number of nitrogens with one attached hydrogen (secondary N) is 1. The Morgan fingerprint density at radius 3 is 2.69 bits per heavy atom. The Morgan fingerprint density at radius 1 is 1.33 bits per heavy atom. The van der Waals surface area contributed by atoms with E-state index in [4.69, 9.17) is 20.5 Å². The molecule has 0 aromatic carbocycles. The van der Waals surface area contributed by atoms with E-state index in [1.165, 1.54) is 6.20 Å². The third-order valence-corrected chi connectivity index (χ3v) is 10.1. The molecule has 4 rings (SSSR count). The van der Waals surface area contributed by atoms with E-state index in [0.29, 0.717) is 12.8 Å². The summed E-state index contributed by atoms with van der Waals surface area (Å²) in [6, 6.07) is 1.84. The Balaban J connectivity index is 1.56. The van der Waals surface area contributed by atoms with Gasteiger partial charge in [-0.15, -0.1) is 6.58 Å². The summed E-state index contributed by atoms with van der Waals surface area (Å²) >= 11 is 0. The van der Waals surface area contributed by atoms with Gasteiger partial charge >= 0.3 is 12.2 Å². The maximum absolute atomic E-state index is 13.4. The van der Waals surface area contributed by atoms with Gasteiger partial charge in [-0.3, -0.25) is 4.79 Å². The number of Topliss-reactive ketones (excluding diaryl/α,β-unsaturated/α-hetero) is 1. The van der Waals surface area contributed by atoms with Gasteiger partial charge in [0.25, 0.3) is 0 Å². The molecule has 39 heavy (non-hydrogen) atoms. The van der Waals surface area contributed by atoms with Crippen LogP contribution in [-0.2, 0) is 20.9 Å². The second kappa shape index (κ2) is 10.2. The number of anilines is 1. The molecule has 11 nitrogen and oxygen atoms in total. The molecule has 2 bridgehead atoms. The lowest BCUT2D eigenvalue weighted by molar-refractivity contribution is -0.191. The molecule has 210 valence electrons. The van der Waals surface area contributed by atoms with Crippen LogP contribution in [0.3, 0.4) is 0 Å². The molecule has 0 radical (unpaired) electrons. The van der Waals surface area contributed by atoms with E-state index in [-0.39, 0.29) is 53.8 Å². The minimum Gasteiger partial charge on any atom is -0.445 e. The third kappa shape index (κ3) is 4.65. The molecule has 1 unspecified atom stereocenters. The average molecular weight is 540 g/mol. The molecule has 1 aromatic rings. The van der Waals surface area contributed by atoms with Crippen molar-refractivity contribution in [3.63, 3.8) is 0 Å². The van der Waals surface area contributed by atoms with Gasteiger partial charge in [0.15, 0.2) is 12.4 Å². The van der Waals surface area contributed by atoms with E-state index in [9.17, 15) is 19.5 Å². The number of nitrogen functional groups attached to an aromatic ring is 1. The first-order chi connectivity index (χ1) is 18.3. The van der Waals surface area contributed by atoms with Crippen molar-refractivity contribution in [2.75, 3.05) is 5.73 Å². The number of ether oxygens (including phenoxy) is 2. The number of rotatable bonds is 4. The van der Waals surface area contributed by atoms with Gasteiger partial charge in [0.05, 0.1) is 12.3 Å². The van der Waals surface area contributed by atoms with Crippen LogP contribution in [0.2, 0.25) is 0 Å². The molecule has 3 aliphatic carbocycles. The number of carbonyl (C=O) groups is 3. The molecule has 8 atom stereocenters. The first-order valence-corrected chi connectivity index (χ1v) is 13.3. The standard InChI is InChI=1S/C28H37N5O6/c1-6-26(4)11-19(39-25(37)33-24(36)38-14-20-31-13-17(12-29)23(30)32-20)27(5)15(2)7-9-28(16(3)22(26)35)10-8-18(34)21(27)28/h6,13,15-16,19,21-22,35H,1,7-11,14H2,2-5H3,(H2,30,31,32)(H,33,36,37)/t15?,16-,19+,21-,22-,26+,27+,28-/m0/s1. The molecule has 3 aliphatic rings. The summed E-state index contributed by atoms with van der Waals surface area (Å²) in [4.78, 5) is 46.6. The topological polar surface area (TPSA) is 178 Å². The summed E-state index contributed by atoms with van der Waals surface area (Å²) in [7, 11) is 0. The van der Waals surface area contributed by atoms with Gasteiger partial charge in [-0.05, 0) is 42.9 Å².